The molecule has 0 spiro atoms. The summed E-state index contributed by atoms with van der Waals surface area (Å²) in [6, 6.07) is 5.95. The van der Waals surface area contributed by atoms with E-state index in [4.69, 9.17) is 0 Å². The first-order valence-electron chi connectivity index (χ1n) is 4.56. The van der Waals surface area contributed by atoms with Crippen LogP contribution >= 0.6 is 11.3 Å². The van der Waals surface area contributed by atoms with Crippen LogP contribution in [0.3, 0.4) is 0 Å². The van der Waals surface area contributed by atoms with Crippen molar-refractivity contribution in [3.05, 3.63) is 40.8 Å². The molecule has 0 aliphatic heterocycles. The maximum Gasteiger partial charge on any atom is 0.167 e. The molecule has 1 aromatic heterocycles. The lowest BCUT2D eigenvalue weighted by atomic mass is 10.0. The molecule has 2 heteroatoms. The first kappa shape index (κ1) is 7.94. The molecule has 68 valence electrons. The van der Waals surface area contributed by atoms with E-state index in [0.717, 1.165) is 10.9 Å². The highest BCUT2D eigenvalue weighted by Gasteiger charge is 2.14. The van der Waals surface area contributed by atoms with Crippen LogP contribution in [0.1, 0.15) is 22.3 Å². The molecule has 1 aromatic carbocycles. The summed E-state index contributed by atoms with van der Waals surface area (Å²) >= 11 is 1.70. The van der Waals surface area contributed by atoms with E-state index in [1.165, 1.54) is 10.3 Å². The molecular weight excluding hydrogens is 192 g/mol. The minimum atomic E-state index is 0.226. The number of allylic oxidation sites excluding steroid dienone is 1. The van der Waals surface area contributed by atoms with E-state index in [2.05, 4.69) is 11.4 Å². The van der Waals surface area contributed by atoms with E-state index in [-0.39, 0.29) is 5.78 Å². The highest BCUT2D eigenvalue weighted by molar-refractivity contribution is 7.17. The lowest BCUT2D eigenvalue weighted by molar-refractivity contribution is 0.0998. The van der Waals surface area contributed by atoms with Crippen molar-refractivity contribution in [2.45, 2.75) is 6.42 Å². The lowest BCUT2D eigenvalue weighted by Gasteiger charge is -1.98. The first-order chi connectivity index (χ1) is 6.86. The summed E-state index contributed by atoms with van der Waals surface area (Å²) < 4.78 is 1.21. The Bertz CT molecular complexity index is 548. The number of thiophene rings is 1. The van der Waals surface area contributed by atoms with Crippen LogP contribution < -0.4 is 0 Å². The van der Waals surface area contributed by atoms with Crippen molar-refractivity contribution in [2.75, 3.05) is 0 Å². The molecule has 0 atom stereocenters. The van der Waals surface area contributed by atoms with Crippen molar-refractivity contribution in [1.82, 2.24) is 0 Å². The van der Waals surface area contributed by atoms with Gasteiger partial charge in [0.2, 0.25) is 0 Å². The molecule has 0 radical (unpaired) electrons. The second-order valence-electron chi connectivity index (χ2n) is 3.40. The van der Waals surface area contributed by atoms with Crippen LogP contribution in [0.15, 0.2) is 29.7 Å². The monoisotopic (exact) mass is 200 g/mol. The van der Waals surface area contributed by atoms with Gasteiger partial charge in [0, 0.05) is 22.1 Å². The van der Waals surface area contributed by atoms with Crippen LogP contribution in [-0.4, -0.2) is 5.78 Å². The number of carbonyl (C=O) groups is 1. The Kier molecular flexibility index (Phi) is 1.58. The number of hydrogen-bond acceptors (Lipinski definition) is 2. The normalized spacial score (nSPS) is 14.7. The van der Waals surface area contributed by atoms with E-state index >= 15 is 0 Å². The van der Waals surface area contributed by atoms with Crippen LogP contribution in [0.25, 0.3) is 16.2 Å². The average Bonchev–Trinajstić information content (AvgIpc) is 2.53. The van der Waals surface area contributed by atoms with Crippen molar-refractivity contribution in [3.63, 3.8) is 0 Å². The summed E-state index contributed by atoms with van der Waals surface area (Å²) in [7, 11) is 0. The number of carbonyl (C=O) groups excluding carboxylic acids is 1. The second-order valence-corrected chi connectivity index (χ2v) is 4.31. The number of ketones is 1. The molecule has 1 nitrogen and oxygen atoms in total. The Morgan fingerprint density at radius 2 is 2.21 bits per heavy atom. The van der Waals surface area contributed by atoms with Crippen molar-refractivity contribution >= 4 is 33.3 Å². The molecule has 1 aliphatic carbocycles. The van der Waals surface area contributed by atoms with E-state index in [1.807, 2.05) is 24.3 Å². The predicted octanol–water partition coefficient (Wildman–Crippen LogP) is 3.50. The number of rotatable bonds is 0. The third kappa shape index (κ3) is 0.976. The molecule has 1 aliphatic rings. The Morgan fingerprint density at radius 1 is 1.29 bits per heavy atom. The van der Waals surface area contributed by atoms with Gasteiger partial charge in [-0.15, -0.1) is 11.3 Å². The minimum absolute atomic E-state index is 0.226. The number of hydrogen-bond donors (Lipinski definition) is 0. The summed E-state index contributed by atoms with van der Waals surface area (Å²) in [5.74, 6) is 0.226. The molecule has 0 saturated heterocycles. The van der Waals surface area contributed by atoms with E-state index < -0.39 is 0 Å². The number of Topliss-reactive ketones (excluding diaryl/α,β-unsaturated/α-hetero) is 1. The molecule has 14 heavy (non-hydrogen) atoms. The van der Waals surface area contributed by atoms with Gasteiger partial charge < -0.3 is 0 Å². The molecule has 1 heterocycles. The van der Waals surface area contributed by atoms with Gasteiger partial charge in [0.1, 0.15) is 0 Å². The number of benzene rings is 1. The SMILES string of the molecule is O=C1CC=Cc2csc3cccc1c23. The summed E-state index contributed by atoms with van der Waals surface area (Å²) in [6.07, 6.45) is 4.52. The van der Waals surface area contributed by atoms with Crippen LogP contribution in [0.5, 0.6) is 0 Å². The largest absolute Gasteiger partial charge is 0.294 e. The third-order valence-electron chi connectivity index (χ3n) is 2.53. The molecular formula is C12H8OS. The molecule has 3 rings (SSSR count). The maximum absolute atomic E-state index is 11.7. The van der Waals surface area contributed by atoms with Crippen molar-refractivity contribution < 1.29 is 4.79 Å². The Balaban J connectivity index is 2.52. The lowest BCUT2D eigenvalue weighted by Crippen LogP contribution is -1.95. The highest BCUT2D eigenvalue weighted by atomic mass is 32.1. The summed E-state index contributed by atoms with van der Waals surface area (Å²) in [5.41, 5.74) is 2.07. The standard InChI is InChI=1S/C12H8OS/c13-10-5-1-3-8-7-14-11-6-2-4-9(10)12(8)11/h1-4,6-7H,5H2. The molecule has 0 amide bonds. The zero-order valence-corrected chi connectivity index (χ0v) is 8.30. The molecule has 2 aromatic rings. The van der Waals surface area contributed by atoms with Gasteiger partial charge in [-0.3, -0.25) is 4.79 Å². The molecule has 0 unspecified atom stereocenters. The van der Waals surface area contributed by atoms with Gasteiger partial charge in [0.15, 0.2) is 5.78 Å². The van der Waals surface area contributed by atoms with Gasteiger partial charge in [-0.2, -0.15) is 0 Å². The third-order valence-corrected chi connectivity index (χ3v) is 3.49. The van der Waals surface area contributed by atoms with Gasteiger partial charge in [0.05, 0.1) is 0 Å². The predicted molar refractivity (Wildman–Crippen MR) is 59.8 cm³/mol. The summed E-state index contributed by atoms with van der Waals surface area (Å²) in [4.78, 5) is 11.7. The van der Waals surface area contributed by atoms with Crippen LogP contribution in [-0.2, 0) is 0 Å². The van der Waals surface area contributed by atoms with Gasteiger partial charge in [0.25, 0.3) is 0 Å². The van der Waals surface area contributed by atoms with Crippen molar-refractivity contribution in [3.8, 4) is 0 Å². The zero-order valence-electron chi connectivity index (χ0n) is 7.49. The first-order valence-corrected chi connectivity index (χ1v) is 5.44. The van der Waals surface area contributed by atoms with Gasteiger partial charge in [-0.25, -0.2) is 0 Å². The summed E-state index contributed by atoms with van der Waals surface area (Å²) in [6.45, 7) is 0. The van der Waals surface area contributed by atoms with Crippen LogP contribution in [0.2, 0.25) is 0 Å². The highest BCUT2D eigenvalue weighted by Crippen LogP contribution is 2.32. The van der Waals surface area contributed by atoms with Gasteiger partial charge in [-0.1, -0.05) is 24.3 Å². The second kappa shape index (κ2) is 2.79. The van der Waals surface area contributed by atoms with Gasteiger partial charge in [-0.05, 0) is 17.0 Å². The van der Waals surface area contributed by atoms with E-state index in [9.17, 15) is 4.79 Å². The fourth-order valence-corrected chi connectivity index (χ4v) is 2.82. The van der Waals surface area contributed by atoms with Crippen molar-refractivity contribution in [1.29, 1.82) is 0 Å². The van der Waals surface area contributed by atoms with Crippen LogP contribution in [0.4, 0.5) is 0 Å². The Morgan fingerprint density at radius 3 is 3.14 bits per heavy atom. The van der Waals surface area contributed by atoms with Crippen molar-refractivity contribution in [2.24, 2.45) is 0 Å². The van der Waals surface area contributed by atoms with Gasteiger partial charge >= 0.3 is 0 Å². The Hall–Kier alpha value is -1.41. The average molecular weight is 200 g/mol. The van der Waals surface area contributed by atoms with E-state index in [0.29, 0.717) is 6.42 Å². The maximum atomic E-state index is 11.7. The summed E-state index contributed by atoms with van der Waals surface area (Å²) in [5, 5.41) is 3.25. The smallest absolute Gasteiger partial charge is 0.167 e. The topological polar surface area (TPSA) is 17.1 Å². The minimum Gasteiger partial charge on any atom is -0.294 e. The quantitative estimate of drug-likeness (QED) is 0.636. The fourth-order valence-electron chi connectivity index (χ4n) is 1.87. The molecule has 0 fully saturated rings. The molecule has 0 bridgehead atoms. The zero-order chi connectivity index (χ0) is 9.54. The van der Waals surface area contributed by atoms with Crippen LogP contribution in [0, 0.1) is 0 Å². The molecule has 0 saturated carbocycles. The molecule has 0 N–H and O–H groups in total. The Labute approximate surface area is 85.7 Å². The fraction of sp³-hybridized carbons (Fsp3) is 0.0833. The van der Waals surface area contributed by atoms with E-state index in [1.54, 1.807) is 11.3 Å².